The van der Waals surface area contributed by atoms with Crippen LogP contribution in [0, 0.1) is 6.92 Å². The maximum absolute atomic E-state index is 13.3. The Bertz CT molecular complexity index is 1260. The number of fused-ring (bicyclic) bond motifs is 2. The minimum atomic E-state index is -0.353. The van der Waals surface area contributed by atoms with E-state index in [1.54, 1.807) is 22.7 Å². The van der Waals surface area contributed by atoms with Crippen molar-refractivity contribution in [2.45, 2.75) is 23.1 Å². The third kappa shape index (κ3) is 4.21. The summed E-state index contributed by atoms with van der Waals surface area (Å²) in [5.74, 6) is -0.509. The van der Waals surface area contributed by atoms with Crippen LogP contribution < -0.4 is 4.90 Å². The Morgan fingerprint density at radius 2 is 1.45 bits per heavy atom. The van der Waals surface area contributed by atoms with E-state index in [2.05, 4.69) is 0 Å². The minimum absolute atomic E-state index is 0.0444. The predicted molar refractivity (Wildman–Crippen MR) is 133 cm³/mol. The summed E-state index contributed by atoms with van der Waals surface area (Å²) in [4.78, 5) is 44.0. The van der Waals surface area contributed by atoms with E-state index in [0.717, 1.165) is 44.1 Å². The second-order valence-corrected chi connectivity index (χ2v) is 9.84. The first-order chi connectivity index (χ1) is 16.0. The fraction of sp³-hybridized carbons (Fsp3) is 0.115. The van der Waals surface area contributed by atoms with Crippen molar-refractivity contribution in [3.63, 3.8) is 0 Å². The van der Waals surface area contributed by atoms with Crippen LogP contribution in [0.2, 0.25) is 0 Å². The molecule has 0 saturated carbocycles. The number of nitrogens with zero attached hydrogens (tertiary/aromatic N) is 2. The highest BCUT2D eigenvalue weighted by atomic mass is 32.2. The summed E-state index contributed by atoms with van der Waals surface area (Å²) in [6, 6.07) is 23.3. The summed E-state index contributed by atoms with van der Waals surface area (Å²) in [6.45, 7) is 2.04. The predicted octanol–water partition coefficient (Wildman–Crippen LogP) is 6.25. The molecule has 0 spiro atoms. The van der Waals surface area contributed by atoms with Crippen molar-refractivity contribution in [2.75, 3.05) is 11.4 Å². The molecule has 3 aromatic carbocycles. The number of benzene rings is 3. The highest BCUT2D eigenvalue weighted by Gasteiger charge is 2.36. The Hall–Kier alpha value is -3.29. The molecule has 1 saturated heterocycles. The summed E-state index contributed by atoms with van der Waals surface area (Å²) in [5, 5.41) is -0.346. The van der Waals surface area contributed by atoms with E-state index in [0.29, 0.717) is 4.91 Å². The first kappa shape index (κ1) is 21.6. The first-order valence-electron chi connectivity index (χ1n) is 10.5. The summed E-state index contributed by atoms with van der Waals surface area (Å²) < 4.78 is 0. The molecule has 0 unspecified atom stereocenters. The Kier molecular flexibility index (Phi) is 5.83. The maximum Gasteiger partial charge on any atom is 0.293 e. The molecule has 164 valence electrons. The normalized spacial score (nSPS) is 16.2. The van der Waals surface area contributed by atoms with Gasteiger partial charge in [0.05, 0.1) is 16.3 Å². The number of imide groups is 1. The lowest BCUT2D eigenvalue weighted by Gasteiger charge is -2.31. The van der Waals surface area contributed by atoms with Gasteiger partial charge < -0.3 is 0 Å². The van der Waals surface area contributed by atoms with E-state index in [1.165, 1.54) is 4.90 Å². The summed E-state index contributed by atoms with van der Waals surface area (Å²) in [6.07, 6.45) is 1.77. The molecular formula is C26H20N2O3S2. The Morgan fingerprint density at radius 1 is 0.848 bits per heavy atom. The molecule has 0 N–H and O–H groups in total. The fourth-order valence-corrected chi connectivity index (χ4v) is 5.72. The zero-order valence-corrected chi connectivity index (χ0v) is 19.5. The highest BCUT2D eigenvalue weighted by Crippen LogP contribution is 2.48. The van der Waals surface area contributed by atoms with E-state index >= 15 is 0 Å². The maximum atomic E-state index is 13.3. The molecule has 0 atom stereocenters. The number of rotatable bonds is 4. The summed E-state index contributed by atoms with van der Waals surface area (Å²) in [7, 11) is 0. The van der Waals surface area contributed by atoms with E-state index < -0.39 is 0 Å². The first-order valence-corrected chi connectivity index (χ1v) is 12.2. The summed E-state index contributed by atoms with van der Waals surface area (Å²) >= 11 is 2.54. The van der Waals surface area contributed by atoms with Crippen molar-refractivity contribution in [1.82, 2.24) is 4.90 Å². The van der Waals surface area contributed by atoms with Crippen molar-refractivity contribution in [1.29, 1.82) is 0 Å². The van der Waals surface area contributed by atoms with Gasteiger partial charge >= 0.3 is 0 Å². The van der Waals surface area contributed by atoms with Gasteiger partial charge in [0.1, 0.15) is 0 Å². The van der Waals surface area contributed by atoms with Crippen LogP contribution in [0.3, 0.4) is 0 Å². The van der Waals surface area contributed by atoms with Crippen LogP contribution in [-0.2, 0) is 9.59 Å². The fourth-order valence-electron chi connectivity index (χ4n) is 3.80. The van der Waals surface area contributed by atoms with E-state index in [1.807, 2.05) is 79.7 Å². The molecule has 2 aliphatic heterocycles. The van der Waals surface area contributed by atoms with E-state index in [9.17, 15) is 14.4 Å². The number of carbonyl (C=O) groups excluding carboxylic acids is 3. The van der Waals surface area contributed by atoms with Gasteiger partial charge in [0, 0.05) is 22.8 Å². The zero-order chi connectivity index (χ0) is 22.9. The molecule has 1 fully saturated rings. The van der Waals surface area contributed by atoms with Gasteiger partial charge in [-0.25, -0.2) is 0 Å². The molecule has 0 bridgehead atoms. The van der Waals surface area contributed by atoms with Crippen molar-refractivity contribution in [3.8, 4) is 0 Å². The lowest BCUT2D eigenvalue weighted by molar-refractivity contribution is -0.123. The van der Waals surface area contributed by atoms with Crippen molar-refractivity contribution < 1.29 is 14.4 Å². The third-order valence-corrected chi connectivity index (χ3v) is 7.52. The van der Waals surface area contributed by atoms with Crippen LogP contribution in [-0.4, -0.2) is 28.5 Å². The van der Waals surface area contributed by atoms with Crippen LogP contribution in [0.1, 0.15) is 17.5 Å². The van der Waals surface area contributed by atoms with E-state index in [-0.39, 0.29) is 30.0 Å². The standard InChI is InChI=1S/C26H20N2O3S2/c1-17-10-12-18(13-11-17)16-23-25(30)27(26(31)33-23)15-14-24(29)28-19-6-2-4-8-21(19)32-22-9-5-3-7-20(22)28/h2-13,16H,14-15H2,1H3/b23-16+. The van der Waals surface area contributed by atoms with Crippen molar-refractivity contribution in [2.24, 2.45) is 0 Å². The molecule has 3 amide bonds. The van der Waals surface area contributed by atoms with Crippen LogP contribution in [0.5, 0.6) is 0 Å². The molecule has 0 radical (unpaired) electrons. The average molecular weight is 473 g/mol. The third-order valence-electron chi connectivity index (χ3n) is 5.48. The molecule has 5 rings (SSSR count). The molecule has 7 heteroatoms. The number of para-hydroxylation sites is 2. The Balaban J connectivity index is 1.34. The number of carbonyl (C=O) groups is 3. The molecule has 0 aromatic heterocycles. The second-order valence-electron chi connectivity index (χ2n) is 7.76. The van der Waals surface area contributed by atoms with Crippen LogP contribution in [0.25, 0.3) is 6.08 Å². The molecule has 3 aromatic rings. The molecule has 0 aliphatic carbocycles. The summed E-state index contributed by atoms with van der Waals surface area (Å²) in [5.41, 5.74) is 3.62. The minimum Gasteiger partial charge on any atom is -0.279 e. The lowest BCUT2D eigenvalue weighted by Crippen LogP contribution is -2.35. The Morgan fingerprint density at radius 3 is 2.09 bits per heavy atom. The Labute approximate surface area is 200 Å². The topological polar surface area (TPSA) is 57.7 Å². The molecule has 2 aliphatic rings. The monoisotopic (exact) mass is 472 g/mol. The quantitative estimate of drug-likeness (QED) is 0.420. The smallest absolute Gasteiger partial charge is 0.279 e. The van der Waals surface area contributed by atoms with Gasteiger partial charge in [-0.3, -0.25) is 24.2 Å². The molecular weight excluding hydrogens is 452 g/mol. The van der Waals surface area contributed by atoms with Gasteiger partial charge in [-0.1, -0.05) is 65.9 Å². The number of hydrogen-bond acceptors (Lipinski definition) is 5. The van der Waals surface area contributed by atoms with Crippen LogP contribution in [0.15, 0.2) is 87.5 Å². The number of anilines is 2. The van der Waals surface area contributed by atoms with Gasteiger partial charge in [0.2, 0.25) is 5.91 Å². The SMILES string of the molecule is Cc1ccc(/C=C2/SC(=O)N(CCC(=O)N3c4ccccc4Sc4ccccc43)C2=O)cc1. The number of thioether (sulfide) groups is 1. The highest BCUT2D eigenvalue weighted by molar-refractivity contribution is 8.18. The van der Waals surface area contributed by atoms with Crippen molar-refractivity contribution in [3.05, 3.63) is 88.8 Å². The number of hydrogen-bond donors (Lipinski definition) is 0. The van der Waals surface area contributed by atoms with Crippen LogP contribution >= 0.6 is 23.5 Å². The van der Waals surface area contributed by atoms with Crippen molar-refractivity contribution >= 4 is 58.0 Å². The second kappa shape index (κ2) is 8.92. The zero-order valence-electron chi connectivity index (χ0n) is 17.9. The van der Waals surface area contributed by atoms with Gasteiger partial charge in [0.15, 0.2) is 0 Å². The van der Waals surface area contributed by atoms with Gasteiger partial charge in [0.25, 0.3) is 11.1 Å². The van der Waals surface area contributed by atoms with Gasteiger partial charge in [-0.05, 0) is 54.6 Å². The van der Waals surface area contributed by atoms with Crippen LogP contribution in [0.4, 0.5) is 16.2 Å². The molecule has 5 nitrogen and oxygen atoms in total. The molecule has 33 heavy (non-hydrogen) atoms. The average Bonchev–Trinajstić information content (AvgIpc) is 3.09. The van der Waals surface area contributed by atoms with E-state index in [4.69, 9.17) is 0 Å². The number of aryl methyl sites for hydroxylation is 1. The number of amides is 3. The van der Waals surface area contributed by atoms with Gasteiger partial charge in [-0.15, -0.1) is 0 Å². The van der Waals surface area contributed by atoms with Gasteiger partial charge in [-0.2, -0.15) is 0 Å². The molecule has 2 heterocycles. The largest absolute Gasteiger partial charge is 0.293 e. The lowest BCUT2D eigenvalue weighted by atomic mass is 10.1.